The van der Waals surface area contributed by atoms with Gasteiger partial charge in [-0.15, -0.1) is 0 Å². The van der Waals surface area contributed by atoms with Gasteiger partial charge in [-0.3, -0.25) is 9.59 Å². The van der Waals surface area contributed by atoms with Gasteiger partial charge in [0, 0.05) is 31.0 Å². The van der Waals surface area contributed by atoms with Gasteiger partial charge in [-0.1, -0.05) is 26.0 Å². The fourth-order valence-corrected chi connectivity index (χ4v) is 3.82. The van der Waals surface area contributed by atoms with Crippen molar-refractivity contribution in [1.29, 1.82) is 0 Å². The van der Waals surface area contributed by atoms with Crippen LogP contribution in [0, 0.1) is 5.92 Å². The largest absolute Gasteiger partial charge is 0.497 e. The Morgan fingerprint density at radius 2 is 1.67 bits per heavy atom. The first kappa shape index (κ1) is 24.1. The van der Waals surface area contributed by atoms with Crippen molar-refractivity contribution in [3.05, 3.63) is 53.6 Å². The fraction of sp³-hybridized carbons (Fsp3) is 0.400. The minimum absolute atomic E-state index is 0.0554. The zero-order valence-corrected chi connectivity index (χ0v) is 20.0. The molecule has 1 atom stereocenters. The van der Waals surface area contributed by atoms with Gasteiger partial charge < -0.3 is 19.1 Å². The van der Waals surface area contributed by atoms with Crippen molar-refractivity contribution in [1.82, 2.24) is 9.91 Å². The molecular formula is C25H31N3O5. The number of hydrogen-bond donors (Lipinski definition) is 0. The summed E-state index contributed by atoms with van der Waals surface area (Å²) in [5.41, 5.74) is 2.44. The molecule has 1 unspecified atom stereocenters. The Morgan fingerprint density at radius 3 is 2.24 bits per heavy atom. The minimum Gasteiger partial charge on any atom is -0.497 e. The van der Waals surface area contributed by atoms with E-state index in [1.807, 2.05) is 50.2 Å². The molecule has 0 fully saturated rings. The highest BCUT2D eigenvalue weighted by Gasteiger charge is 2.35. The number of methoxy groups -OCH3 is 3. The zero-order chi connectivity index (χ0) is 24.1. The molecule has 0 saturated carbocycles. The molecule has 0 bridgehead atoms. The lowest BCUT2D eigenvalue weighted by atomic mass is 9.97. The van der Waals surface area contributed by atoms with Crippen LogP contribution < -0.4 is 14.2 Å². The molecule has 0 radical (unpaired) electrons. The number of carbonyl (C=O) groups excluding carboxylic acids is 2. The number of ether oxygens (including phenoxy) is 3. The van der Waals surface area contributed by atoms with Crippen molar-refractivity contribution in [2.45, 2.75) is 26.3 Å². The second-order valence-electron chi connectivity index (χ2n) is 8.19. The van der Waals surface area contributed by atoms with Crippen molar-refractivity contribution < 1.29 is 23.8 Å². The zero-order valence-electron chi connectivity index (χ0n) is 20.0. The van der Waals surface area contributed by atoms with Gasteiger partial charge in [0.05, 0.1) is 33.1 Å². The summed E-state index contributed by atoms with van der Waals surface area (Å²) < 4.78 is 16.1. The molecule has 8 nitrogen and oxygen atoms in total. The highest BCUT2D eigenvalue weighted by Crippen LogP contribution is 2.36. The van der Waals surface area contributed by atoms with E-state index in [2.05, 4.69) is 0 Å². The van der Waals surface area contributed by atoms with Gasteiger partial charge in [-0.2, -0.15) is 5.10 Å². The molecular weight excluding hydrogens is 422 g/mol. The van der Waals surface area contributed by atoms with E-state index in [1.165, 1.54) is 9.91 Å². The molecule has 0 N–H and O–H groups in total. The van der Waals surface area contributed by atoms with Crippen LogP contribution in [0.25, 0.3) is 0 Å². The predicted octanol–water partition coefficient (Wildman–Crippen LogP) is 3.50. The number of hydrogen-bond acceptors (Lipinski definition) is 6. The molecule has 2 aromatic carbocycles. The monoisotopic (exact) mass is 453 g/mol. The van der Waals surface area contributed by atoms with Crippen LogP contribution in [0.3, 0.4) is 0 Å². The van der Waals surface area contributed by atoms with E-state index in [1.54, 1.807) is 34.4 Å². The maximum atomic E-state index is 13.3. The molecule has 1 aliphatic rings. The Kier molecular flexibility index (Phi) is 7.58. The number of rotatable bonds is 8. The minimum atomic E-state index is -0.312. The third-order valence-electron chi connectivity index (χ3n) is 5.63. The van der Waals surface area contributed by atoms with Crippen LogP contribution in [-0.2, 0) is 9.59 Å². The lowest BCUT2D eigenvalue weighted by molar-refractivity contribution is -0.142. The molecule has 0 spiro atoms. The Bertz CT molecular complexity index is 1030. The average molecular weight is 454 g/mol. The van der Waals surface area contributed by atoms with Gasteiger partial charge in [0.2, 0.25) is 5.91 Å². The van der Waals surface area contributed by atoms with Crippen molar-refractivity contribution in [3.8, 4) is 17.2 Å². The van der Waals surface area contributed by atoms with E-state index in [0.717, 1.165) is 22.6 Å². The quantitative estimate of drug-likeness (QED) is 0.611. The first-order valence-corrected chi connectivity index (χ1v) is 10.8. The Labute approximate surface area is 194 Å². The van der Waals surface area contributed by atoms with Crippen LogP contribution in [0.2, 0.25) is 0 Å². The molecule has 0 aromatic heterocycles. The highest BCUT2D eigenvalue weighted by atomic mass is 16.5. The van der Waals surface area contributed by atoms with Gasteiger partial charge >= 0.3 is 0 Å². The summed E-state index contributed by atoms with van der Waals surface area (Å²) in [4.78, 5) is 27.0. The van der Waals surface area contributed by atoms with E-state index >= 15 is 0 Å². The van der Waals surface area contributed by atoms with Crippen molar-refractivity contribution in [2.24, 2.45) is 11.0 Å². The fourth-order valence-electron chi connectivity index (χ4n) is 3.82. The summed E-state index contributed by atoms with van der Waals surface area (Å²) in [6, 6.07) is 12.8. The summed E-state index contributed by atoms with van der Waals surface area (Å²) in [6.45, 7) is 3.57. The lowest BCUT2D eigenvalue weighted by Gasteiger charge is -2.25. The molecule has 8 heteroatoms. The number of nitrogens with zero attached hydrogens (tertiary/aromatic N) is 3. The molecule has 2 aromatic rings. The molecule has 1 aliphatic heterocycles. The summed E-state index contributed by atoms with van der Waals surface area (Å²) in [5.74, 6) is 1.47. The topological polar surface area (TPSA) is 80.7 Å². The third-order valence-corrected chi connectivity index (χ3v) is 5.63. The van der Waals surface area contributed by atoms with Crippen LogP contribution in [0.15, 0.2) is 47.6 Å². The van der Waals surface area contributed by atoms with E-state index in [-0.39, 0.29) is 30.3 Å². The number of benzene rings is 2. The first-order chi connectivity index (χ1) is 15.8. The third kappa shape index (κ3) is 5.27. The molecule has 2 amide bonds. The number of hydrazone groups is 1. The van der Waals surface area contributed by atoms with E-state index in [9.17, 15) is 9.59 Å². The van der Waals surface area contributed by atoms with Crippen LogP contribution in [0.4, 0.5) is 0 Å². The van der Waals surface area contributed by atoms with E-state index in [0.29, 0.717) is 17.9 Å². The van der Waals surface area contributed by atoms with Crippen LogP contribution in [0.5, 0.6) is 17.2 Å². The van der Waals surface area contributed by atoms with E-state index < -0.39 is 0 Å². The second kappa shape index (κ2) is 10.4. The van der Waals surface area contributed by atoms with Gasteiger partial charge in [-0.05, 0) is 29.8 Å². The van der Waals surface area contributed by atoms with Crippen molar-refractivity contribution >= 4 is 17.5 Å². The number of carbonyl (C=O) groups is 2. The summed E-state index contributed by atoms with van der Waals surface area (Å²) in [7, 11) is 6.43. The average Bonchev–Trinajstić information content (AvgIpc) is 3.28. The van der Waals surface area contributed by atoms with E-state index in [4.69, 9.17) is 19.3 Å². The molecule has 3 rings (SSSR count). The molecule has 0 saturated heterocycles. The van der Waals surface area contributed by atoms with Crippen molar-refractivity contribution in [2.75, 3.05) is 34.9 Å². The maximum absolute atomic E-state index is 13.3. The summed E-state index contributed by atoms with van der Waals surface area (Å²) in [6.07, 6.45) is 0.503. The van der Waals surface area contributed by atoms with Gasteiger partial charge in [-0.25, -0.2) is 5.01 Å². The van der Waals surface area contributed by atoms with Crippen LogP contribution in [-0.4, -0.2) is 62.4 Å². The second-order valence-corrected chi connectivity index (χ2v) is 8.19. The van der Waals surface area contributed by atoms with Gasteiger partial charge in [0.25, 0.3) is 5.91 Å². The Balaban J connectivity index is 1.96. The molecule has 33 heavy (non-hydrogen) atoms. The maximum Gasteiger partial charge on any atom is 0.262 e. The normalized spacial score (nSPS) is 15.3. The van der Waals surface area contributed by atoms with Crippen LogP contribution in [0.1, 0.15) is 37.4 Å². The number of likely N-dealkylation sites (N-methyl/N-ethyl adjacent to an activating group) is 1. The van der Waals surface area contributed by atoms with Crippen LogP contribution >= 0.6 is 0 Å². The number of amides is 2. The van der Waals surface area contributed by atoms with Gasteiger partial charge in [0.15, 0.2) is 0 Å². The predicted molar refractivity (Wildman–Crippen MR) is 126 cm³/mol. The smallest absolute Gasteiger partial charge is 0.262 e. The van der Waals surface area contributed by atoms with Crippen molar-refractivity contribution in [3.63, 3.8) is 0 Å². The van der Waals surface area contributed by atoms with Gasteiger partial charge in [0.1, 0.15) is 23.8 Å². The Hall–Kier alpha value is -3.55. The molecule has 1 heterocycles. The Morgan fingerprint density at radius 1 is 1.03 bits per heavy atom. The first-order valence-electron chi connectivity index (χ1n) is 10.8. The lowest BCUT2D eigenvalue weighted by Crippen LogP contribution is -2.40. The standard InChI is InChI=1S/C25H31N3O5/c1-16(2)25(30)27(3)15-24(29)28-22(17-7-9-18(31-4)10-8-17)14-21(26-28)20-12-11-19(32-5)13-23(20)33-6/h7-13,16,22H,14-15H2,1-6H3. The molecule has 0 aliphatic carbocycles. The summed E-state index contributed by atoms with van der Waals surface area (Å²) >= 11 is 0. The highest BCUT2D eigenvalue weighted by molar-refractivity contribution is 6.05. The molecule has 176 valence electrons. The summed E-state index contributed by atoms with van der Waals surface area (Å²) in [5, 5.41) is 6.17. The SMILES string of the molecule is COc1ccc(C2CC(c3ccc(OC)cc3OC)=NN2C(=O)CN(C)C(=O)C(C)C)cc1.